The molecule has 1 saturated carbocycles. The van der Waals surface area contributed by atoms with Crippen LogP contribution < -0.4 is 0 Å². The highest BCUT2D eigenvalue weighted by molar-refractivity contribution is 4.87. The Bertz CT molecular complexity index is 270. The molecule has 2 aliphatic rings. The summed E-state index contributed by atoms with van der Waals surface area (Å²) in [6, 6.07) is 0. The first-order chi connectivity index (χ1) is 8.35. The molecule has 0 amide bonds. The Kier molecular flexibility index (Phi) is 4.35. The fraction of sp³-hybridized carbons (Fsp3) is 1.00. The smallest absolute Gasteiger partial charge is 0.0678 e. The Hall–Kier alpha value is -0.120. The molecular weight excluding hydrogens is 226 g/mol. The predicted octanol–water partition coefficient (Wildman–Crippen LogP) is 2.28. The Morgan fingerprint density at radius 3 is 2.44 bits per heavy atom. The summed E-state index contributed by atoms with van der Waals surface area (Å²) in [4.78, 5) is 2.48. The number of morpholine rings is 1. The van der Waals surface area contributed by atoms with Crippen LogP contribution in [-0.2, 0) is 4.74 Å². The molecule has 1 saturated heterocycles. The summed E-state index contributed by atoms with van der Waals surface area (Å²) in [5.74, 6) is 0.436. The molecule has 3 nitrogen and oxygen atoms in total. The van der Waals surface area contributed by atoms with Crippen molar-refractivity contribution in [1.82, 2.24) is 4.90 Å². The van der Waals surface area contributed by atoms with Crippen molar-refractivity contribution in [2.45, 2.75) is 65.3 Å². The van der Waals surface area contributed by atoms with Gasteiger partial charge in [-0.15, -0.1) is 0 Å². The van der Waals surface area contributed by atoms with Gasteiger partial charge in [0.15, 0.2) is 0 Å². The average molecular weight is 255 g/mol. The lowest BCUT2D eigenvalue weighted by molar-refractivity contribution is -0.0829. The van der Waals surface area contributed by atoms with Gasteiger partial charge in [-0.05, 0) is 44.4 Å². The molecule has 0 aromatic carbocycles. The Labute approximate surface area is 112 Å². The van der Waals surface area contributed by atoms with E-state index in [0.717, 1.165) is 38.9 Å². The minimum Gasteiger partial charge on any atom is -0.393 e. The van der Waals surface area contributed by atoms with Crippen LogP contribution in [-0.4, -0.2) is 48.0 Å². The second-order valence-electron chi connectivity index (χ2n) is 7.21. The van der Waals surface area contributed by atoms with E-state index in [4.69, 9.17) is 4.74 Å². The standard InChI is InChI=1S/C15H29NO2/c1-11-8-16(9-12(2)18-11)10-13-7-15(3,4)6-5-14(13)17/h11-14,17H,5-10H2,1-4H3/t11-,12+,13?,14?. The van der Waals surface area contributed by atoms with E-state index in [-0.39, 0.29) is 6.10 Å². The van der Waals surface area contributed by atoms with Gasteiger partial charge in [0, 0.05) is 19.6 Å². The molecule has 1 aliphatic carbocycles. The van der Waals surface area contributed by atoms with Crippen molar-refractivity contribution >= 4 is 0 Å². The van der Waals surface area contributed by atoms with Crippen LogP contribution in [0.2, 0.25) is 0 Å². The lowest BCUT2D eigenvalue weighted by Gasteiger charge is -2.43. The molecule has 0 bridgehead atoms. The minimum atomic E-state index is -0.105. The van der Waals surface area contributed by atoms with Gasteiger partial charge in [0.25, 0.3) is 0 Å². The number of nitrogens with zero attached hydrogens (tertiary/aromatic N) is 1. The Morgan fingerprint density at radius 2 is 1.83 bits per heavy atom. The molecule has 2 fully saturated rings. The number of aliphatic hydroxyl groups excluding tert-OH is 1. The van der Waals surface area contributed by atoms with Crippen LogP contribution in [0, 0.1) is 11.3 Å². The number of aliphatic hydroxyl groups is 1. The molecule has 4 atom stereocenters. The summed E-state index contributed by atoms with van der Waals surface area (Å²) in [5.41, 5.74) is 0.396. The first kappa shape index (κ1) is 14.3. The summed E-state index contributed by atoms with van der Waals surface area (Å²) in [6.45, 7) is 12.0. The molecule has 106 valence electrons. The van der Waals surface area contributed by atoms with Crippen LogP contribution in [0.5, 0.6) is 0 Å². The maximum atomic E-state index is 10.2. The van der Waals surface area contributed by atoms with E-state index < -0.39 is 0 Å². The normalized spacial score (nSPS) is 41.8. The predicted molar refractivity (Wildman–Crippen MR) is 73.6 cm³/mol. The summed E-state index contributed by atoms with van der Waals surface area (Å²) >= 11 is 0. The van der Waals surface area contributed by atoms with Crippen LogP contribution in [0.4, 0.5) is 0 Å². The van der Waals surface area contributed by atoms with Gasteiger partial charge in [0.2, 0.25) is 0 Å². The van der Waals surface area contributed by atoms with Crippen molar-refractivity contribution < 1.29 is 9.84 Å². The maximum Gasteiger partial charge on any atom is 0.0678 e. The molecule has 0 aromatic rings. The molecule has 3 heteroatoms. The molecular formula is C15H29NO2. The highest BCUT2D eigenvalue weighted by atomic mass is 16.5. The Balaban J connectivity index is 1.91. The molecule has 1 aliphatic heterocycles. The van der Waals surface area contributed by atoms with E-state index in [1.165, 1.54) is 0 Å². The molecule has 18 heavy (non-hydrogen) atoms. The quantitative estimate of drug-likeness (QED) is 0.821. The van der Waals surface area contributed by atoms with Gasteiger partial charge in [-0.3, -0.25) is 4.90 Å². The SMILES string of the molecule is C[C@@H]1CN(CC2CC(C)(C)CCC2O)C[C@H](C)O1. The lowest BCUT2D eigenvalue weighted by Crippen LogP contribution is -2.49. The van der Waals surface area contributed by atoms with E-state index >= 15 is 0 Å². The molecule has 0 aromatic heterocycles. The molecule has 2 rings (SSSR count). The van der Waals surface area contributed by atoms with Crippen LogP contribution in [0.1, 0.15) is 47.0 Å². The van der Waals surface area contributed by atoms with Gasteiger partial charge in [-0.1, -0.05) is 13.8 Å². The second kappa shape index (κ2) is 5.48. The molecule has 0 radical (unpaired) electrons. The first-order valence-electron chi connectivity index (χ1n) is 7.41. The van der Waals surface area contributed by atoms with E-state index in [9.17, 15) is 5.11 Å². The first-order valence-corrected chi connectivity index (χ1v) is 7.41. The van der Waals surface area contributed by atoms with Gasteiger partial charge >= 0.3 is 0 Å². The van der Waals surface area contributed by atoms with E-state index in [1.54, 1.807) is 0 Å². The lowest BCUT2D eigenvalue weighted by atomic mass is 9.70. The zero-order valence-electron chi connectivity index (χ0n) is 12.4. The zero-order valence-corrected chi connectivity index (χ0v) is 12.4. The maximum absolute atomic E-state index is 10.2. The van der Waals surface area contributed by atoms with Gasteiger partial charge < -0.3 is 9.84 Å². The average Bonchev–Trinajstić information content (AvgIpc) is 2.22. The monoisotopic (exact) mass is 255 g/mol. The van der Waals surface area contributed by atoms with E-state index in [2.05, 4.69) is 32.6 Å². The fourth-order valence-corrected chi connectivity index (χ4v) is 3.67. The third-order valence-corrected chi connectivity index (χ3v) is 4.46. The number of hydrogen-bond acceptors (Lipinski definition) is 3. The molecule has 0 spiro atoms. The third kappa shape index (κ3) is 3.69. The van der Waals surface area contributed by atoms with Crippen LogP contribution in [0.3, 0.4) is 0 Å². The summed E-state index contributed by atoms with van der Waals surface area (Å²) < 4.78 is 5.77. The van der Waals surface area contributed by atoms with E-state index in [1.807, 2.05) is 0 Å². The van der Waals surface area contributed by atoms with Crippen molar-refractivity contribution in [3.8, 4) is 0 Å². The highest BCUT2D eigenvalue weighted by Crippen LogP contribution is 2.39. The topological polar surface area (TPSA) is 32.7 Å². The van der Waals surface area contributed by atoms with Crippen LogP contribution in [0.15, 0.2) is 0 Å². The fourth-order valence-electron chi connectivity index (χ4n) is 3.67. The largest absolute Gasteiger partial charge is 0.393 e. The number of ether oxygens (including phenoxy) is 1. The van der Waals surface area contributed by atoms with Crippen molar-refractivity contribution in [3.05, 3.63) is 0 Å². The van der Waals surface area contributed by atoms with Crippen molar-refractivity contribution in [2.75, 3.05) is 19.6 Å². The number of rotatable bonds is 2. The second-order valence-corrected chi connectivity index (χ2v) is 7.21. The van der Waals surface area contributed by atoms with Crippen molar-refractivity contribution in [2.24, 2.45) is 11.3 Å². The van der Waals surface area contributed by atoms with Gasteiger partial charge in [0.05, 0.1) is 18.3 Å². The molecule has 1 N–H and O–H groups in total. The van der Waals surface area contributed by atoms with E-state index in [0.29, 0.717) is 23.5 Å². The van der Waals surface area contributed by atoms with Crippen LogP contribution in [0.25, 0.3) is 0 Å². The minimum absolute atomic E-state index is 0.105. The summed E-state index contributed by atoms with van der Waals surface area (Å²) in [6.07, 6.45) is 3.80. The summed E-state index contributed by atoms with van der Waals surface area (Å²) in [7, 11) is 0. The molecule has 1 heterocycles. The van der Waals surface area contributed by atoms with Crippen LogP contribution >= 0.6 is 0 Å². The van der Waals surface area contributed by atoms with Crippen molar-refractivity contribution in [3.63, 3.8) is 0 Å². The highest BCUT2D eigenvalue weighted by Gasteiger charge is 2.35. The van der Waals surface area contributed by atoms with Gasteiger partial charge in [-0.2, -0.15) is 0 Å². The van der Waals surface area contributed by atoms with Gasteiger partial charge in [0.1, 0.15) is 0 Å². The molecule has 2 unspecified atom stereocenters. The van der Waals surface area contributed by atoms with Gasteiger partial charge in [-0.25, -0.2) is 0 Å². The Morgan fingerprint density at radius 1 is 1.22 bits per heavy atom. The summed E-state index contributed by atoms with van der Waals surface area (Å²) in [5, 5.41) is 10.2. The van der Waals surface area contributed by atoms with Crippen molar-refractivity contribution in [1.29, 1.82) is 0 Å². The zero-order chi connectivity index (χ0) is 13.3. The third-order valence-electron chi connectivity index (χ3n) is 4.46. The number of hydrogen-bond donors (Lipinski definition) is 1.